The average molecular weight is 267 g/mol. The molecular weight excluding hydrogens is 250 g/mol. The number of carbonyl (C=O) groups is 1. The maximum absolute atomic E-state index is 11.5. The number of carbonyl (C=O) groups excluding carboxylic acids is 1. The molecule has 0 amide bonds. The zero-order valence-corrected chi connectivity index (χ0v) is 11.6. The number of thioether (sulfide) groups is 1. The van der Waals surface area contributed by atoms with E-state index >= 15 is 0 Å². The van der Waals surface area contributed by atoms with E-state index in [0.29, 0.717) is 11.5 Å². The first-order chi connectivity index (χ1) is 8.41. The van der Waals surface area contributed by atoms with E-state index in [0.717, 1.165) is 17.1 Å². The van der Waals surface area contributed by atoms with Gasteiger partial charge in [-0.25, -0.2) is 0 Å². The molecule has 0 aliphatic heterocycles. The van der Waals surface area contributed by atoms with Gasteiger partial charge >= 0.3 is 0 Å². The predicted molar refractivity (Wildman–Crippen MR) is 73.3 cm³/mol. The van der Waals surface area contributed by atoms with E-state index in [2.05, 4.69) is 13.8 Å². The van der Waals surface area contributed by atoms with E-state index in [9.17, 15) is 14.9 Å². The number of Topliss-reactive ketones (excluding diaryl/α,β-unsaturated/α-hetero) is 1. The highest BCUT2D eigenvalue weighted by Crippen LogP contribution is 2.28. The van der Waals surface area contributed by atoms with Gasteiger partial charge in [0.05, 0.1) is 4.92 Å². The monoisotopic (exact) mass is 267 g/mol. The molecule has 18 heavy (non-hydrogen) atoms. The molecule has 0 saturated carbocycles. The summed E-state index contributed by atoms with van der Waals surface area (Å²) in [5.41, 5.74) is 0.409. The van der Waals surface area contributed by atoms with Gasteiger partial charge in [0.2, 0.25) is 0 Å². The number of nitro groups is 1. The Kier molecular flexibility index (Phi) is 5.34. The van der Waals surface area contributed by atoms with Crippen molar-refractivity contribution in [1.82, 2.24) is 0 Å². The molecule has 4 nitrogen and oxygen atoms in total. The Morgan fingerprint density at radius 1 is 1.44 bits per heavy atom. The second-order valence-corrected chi connectivity index (χ2v) is 5.66. The van der Waals surface area contributed by atoms with Crippen molar-refractivity contribution in [3.63, 3.8) is 0 Å². The molecule has 0 aromatic heterocycles. The molecule has 0 unspecified atom stereocenters. The van der Waals surface area contributed by atoms with Crippen LogP contribution in [0.25, 0.3) is 0 Å². The van der Waals surface area contributed by atoms with Gasteiger partial charge in [-0.15, -0.1) is 11.8 Å². The van der Waals surface area contributed by atoms with Crippen LogP contribution in [0.5, 0.6) is 0 Å². The summed E-state index contributed by atoms with van der Waals surface area (Å²) in [5.74, 6) is 1.39. The minimum Gasteiger partial charge on any atom is -0.294 e. The smallest absolute Gasteiger partial charge is 0.270 e. The highest BCUT2D eigenvalue weighted by atomic mass is 32.2. The molecule has 0 radical (unpaired) electrons. The van der Waals surface area contributed by atoms with E-state index in [-0.39, 0.29) is 11.5 Å². The molecule has 0 heterocycles. The molecule has 0 fully saturated rings. The summed E-state index contributed by atoms with van der Waals surface area (Å²) >= 11 is 1.58. The lowest BCUT2D eigenvalue weighted by Crippen LogP contribution is -1.99. The van der Waals surface area contributed by atoms with Crippen LogP contribution in [0, 0.1) is 16.0 Å². The van der Waals surface area contributed by atoms with Crippen LogP contribution in [0.2, 0.25) is 0 Å². The fourth-order valence-corrected chi connectivity index (χ4v) is 2.77. The molecule has 0 N–H and O–H groups in total. The molecule has 0 bridgehead atoms. The first-order valence-electron chi connectivity index (χ1n) is 5.84. The molecule has 1 aromatic carbocycles. The van der Waals surface area contributed by atoms with Crippen molar-refractivity contribution in [2.45, 2.75) is 32.1 Å². The van der Waals surface area contributed by atoms with Crippen LogP contribution in [0.3, 0.4) is 0 Å². The van der Waals surface area contributed by atoms with Crippen molar-refractivity contribution in [3.05, 3.63) is 33.9 Å². The molecule has 0 aliphatic rings. The van der Waals surface area contributed by atoms with Gasteiger partial charge in [0.1, 0.15) is 0 Å². The number of ketones is 1. The Labute approximate surface area is 111 Å². The van der Waals surface area contributed by atoms with Crippen molar-refractivity contribution >= 4 is 23.2 Å². The fraction of sp³-hybridized carbons (Fsp3) is 0.462. The van der Waals surface area contributed by atoms with Crippen molar-refractivity contribution < 1.29 is 9.72 Å². The first-order valence-corrected chi connectivity index (χ1v) is 6.82. The first kappa shape index (κ1) is 14.7. The Hall–Kier alpha value is -1.36. The van der Waals surface area contributed by atoms with Crippen LogP contribution >= 0.6 is 11.8 Å². The third kappa shape index (κ3) is 4.14. The SMILES string of the molecule is CC(=O)c1cc([N+](=O)[O-])ccc1SCCC(C)C. The molecule has 0 atom stereocenters. The van der Waals surface area contributed by atoms with E-state index in [1.54, 1.807) is 17.8 Å². The highest BCUT2D eigenvalue weighted by Gasteiger charge is 2.14. The van der Waals surface area contributed by atoms with Gasteiger partial charge in [0.15, 0.2) is 5.78 Å². The van der Waals surface area contributed by atoms with Crippen molar-refractivity contribution in [3.8, 4) is 0 Å². The van der Waals surface area contributed by atoms with Gasteiger partial charge in [-0.05, 0) is 31.1 Å². The van der Waals surface area contributed by atoms with Crippen LogP contribution in [-0.4, -0.2) is 16.5 Å². The number of non-ortho nitro benzene ring substituents is 1. The summed E-state index contributed by atoms with van der Waals surface area (Å²) in [5, 5.41) is 10.7. The maximum Gasteiger partial charge on any atom is 0.270 e. The fourth-order valence-electron chi connectivity index (χ4n) is 1.44. The topological polar surface area (TPSA) is 60.2 Å². The molecule has 0 spiro atoms. The largest absolute Gasteiger partial charge is 0.294 e. The van der Waals surface area contributed by atoms with Crippen LogP contribution < -0.4 is 0 Å². The van der Waals surface area contributed by atoms with Crippen molar-refractivity contribution in [2.24, 2.45) is 5.92 Å². The van der Waals surface area contributed by atoms with Crippen LogP contribution in [-0.2, 0) is 0 Å². The zero-order chi connectivity index (χ0) is 13.7. The predicted octanol–water partition coefficient (Wildman–Crippen LogP) is 3.94. The summed E-state index contributed by atoms with van der Waals surface area (Å²) in [6.07, 6.45) is 1.05. The minimum absolute atomic E-state index is 0.0339. The highest BCUT2D eigenvalue weighted by molar-refractivity contribution is 7.99. The van der Waals surface area contributed by atoms with E-state index in [1.807, 2.05) is 0 Å². The zero-order valence-electron chi connectivity index (χ0n) is 10.8. The molecule has 1 aromatic rings. The van der Waals surface area contributed by atoms with Crippen LogP contribution in [0.1, 0.15) is 37.6 Å². The summed E-state index contributed by atoms with van der Waals surface area (Å²) in [7, 11) is 0. The number of benzene rings is 1. The minimum atomic E-state index is -0.477. The summed E-state index contributed by atoms with van der Waals surface area (Å²) in [6.45, 7) is 5.72. The molecule has 0 saturated heterocycles. The van der Waals surface area contributed by atoms with Crippen molar-refractivity contribution in [1.29, 1.82) is 0 Å². The normalized spacial score (nSPS) is 10.7. The number of nitro benzene ring substituents is 1. The molecule has 5 heteroatoms. The third-order valence-electron chi connectivity index (χ3n) is 2.51. The summed E-state index contributed by atoms with van der Waals surface area (Å²) in [4.78, 5) is 22.5. The standard InChI is InChI=1S/C13H17NO3S/c1-9(2)6-7-18-13-5-4-11(14(16)17)8-12(13)10(3)15/h4-5,8-9H,6-7H2,1-3H3. The van der Waals surface area contributed by atoms with Crippen LogP contribution in [0.15, 0.2) is 23.1 Å². The van der Waals surface area contributed by atoms with E-state index in [1.165, 1.54) is 19.1 Å². The average Bonchev–Trinajstić information content (AvgIpc) is 2.28. The van der Waals surface area contributed by atoms with Gasteiger partial charge in [-0.3, -0.25) is 14.9 Å². The van der Waals surface area contributed by atoms with E-state index in [4.69, 9.17) is 0 Å². The number of hydrogen-bond donors (Lipinski definition) is 0. The summed E-state index contributed by atoms with van der Waals surface area (Å²) in [6, 6.07) is 4.48. The number of rotatable bonds is 6. The Morgan fingerprint density at radius 3 is 2.61 bits per heavy atom. The lowest BCUT2D eigenvalue weighted by atomic mass is 10.1. The molecule has 0 aliphatic carbocycles. The number of hydrogen-bond acceptors (Lipinski definition) is 4. The van der Waals surface area contributed by atoms with Gasteiger partial charge < -0.3 is 0 Å². The third-order valence-corrected chi connectivity index (χ3v) is 3.61. The van der Waals surface area contributed by atoms with Crippen molar-refractivity contribution in [2.75, 3.05) is 5.75 Å². The lowest BCUT2D eigenvalue weighted by molar-refractivity contribution is -0.384. The summed E-state index contributed by atoms with van der Waals surface area (Å²) < 4.78 is 0. The molecule has 98 valence electrons. The number of nitrogens with zero attached hydrogens (tertiary/aromatic N) is 1. The molecular formula is C13H17NO3S. The van der Waals surface area contributed by atoms with Gasteiger partial charge in [0, 0.05) is 22.6 Å². The second kappa shape index (κ2) is 6.54. The lowest BCUT2D eigenvalue weighted by Gasteiger charge is -2.08. The molecule has 1 rings (SSSR count). The second-order valence-electron chi connectivity index (χ2n) is 4.52. The maximum atomic E-state index is 11.5. The Balaban J connectivity index is 2.90. The van der Waals surface area contributed by atoms with E-state index < -0.39 is 4.92 Å². The Bertz CT molecular complexity index is 458. The van der Waals surface area contributed by atoms with Gasteiger partial charge in [-0.2, -0.15) is 0 Å². The van der Waals surface area contributed by atoms with Gasteiger partial charge in [-0.1, -0.05) is 13.8 Å². The Morgan fingerprint density at radius 2 is 2.11 bits per heavy atom. The quantitative estimate of drug-likeness (QED) is 0.339. The van der Waals surface area contributed by atoms with Crippen LogP contribution in [0.4, 0.5) is 5.69 Å². The van der Waals surface area contributed by atoms with Gasteiger partial charge in [0.25, 0.3) is 5.69 Å².